The van der Waals surface area contributed by atoms with Gasteiger partial charge >= 0.3 is 0 Å². The number of carbonyl (C=O) groups excluding carboxylic acids is 1. The van der Waals surface area contributed by atoms with Gasteiger partial charge in [-0.25, -0.2) is 4.98 Å². The lowest BCUT2D eigenvalue weighted by atomic mass is 10.2. The van der Waals surface area contributed by atoms with E-state index in [2.05, 4.69) is 27.4 Å². The van der Waals surface area contributed by atoms with E-state index in [1.807, 2.05) is 0 Å². The van der Waals surface area contributed by atoms with Gasteiger partial charge in [-0.1, -0.05) is 6.07 Å². The quantitative estimate of drug-likeness (QED) is 0.943. The summed E-state index contributed by atoms with van der Waals surface area (Å²) in [6.45, 7) is 4.14. The highest BCUT2D eigenvalue weighted by molar-refractivity contribution is 7.09. The zero-order valence-electron chi connectivity index (χ0n) is 12.3. The first-order chi connectivity index (χ1) is 10.7. The van der Waals surface area contributed by atoms with Gasteiger partial charge in [0.1, 0.15) is 5.75 Å². The molecule has 1 aliphatic rings. The summed E-state index contributed by atoms with van der Waals surface area (Å²) < 4.78 is 0. The minimum absolute atomic E-state index is 0.0489. The van der Waals surface area contributed by atoms with Crippen molar-refractivity contribution in [2.45, 2.75) is 13.0 Å². The van der Waals surface area contributed by atoms with Gasteiger partial charge in [-0.05, 0) is 30.0 Å². The van der Waals surface area contributed by atoms with Crippen molar-refractivity contribution in [3.8, 4) is 5.75 Å². The molecule has 0 radical (unpaired) electrons. The number of pyridine rings is 1. The molecule has 116 valence electrons. The second-order valence-electron chi connectivity index (χ2n) is 5.37. The minimum Gasteiger partial charge on any atom is -0.505 e. The van der Waals surface area contributed by atoms with Gasteiger partial charge in [0.25, 0.3) is 5.91 Å². The molecule has 5 nitrogen and oxygen atoms in total. The third-order valence-electron chi connectivity index (χ3n) is 3.82. The largest absolute Gasteiger partial charge is 0.505 e. The zero-order chi connectivity index (χ0) is 15.4. The molecule has 1 saturated heterocycles. The van der Waals surface area contributed by atoms with Crippen molar-refractivity contribution in [1.29, 1.82) is 0 Å². The number of aromatic hydroxyl groups is 1. The van der Waals surface area contributed by atoms with E-state index >= 15 is 0 Å². The highest BCUT2D eigenvalue weighted by atomic mass is 32.1. The zero-order valence-corrected chi connectivity index (χ0v) is 13.1. The Hall–Kier alpha value is -1.92. The Bertz CT molecular complexity index is 630. The molecule has 1 amide bonds. The Morgan fingerprint density at radius 3 is 2.91 bits per heavy atom. The molecule has 2 aromatic rings. The van der Waals surface area contributed by atoms with Crippen LogP contribution in [-0.4, -0.2) is 52.0 Å². The molecule has 1 N–H and O–H groups in total. The van der Waals surface area contributed by atoms with Crippen molar-refractivity contribution in [3.63, 3.8) is 0 Å². The van der Waals surface area contributed by atoms with Crippen molar-refractivity contribution in [2.24, 2.45) is 0 Å². The fourth-order valence-electron chi connectivity index (χ4n) is 2.67. The first-order valence-corrected chi connectivity index (χ1v) is 8.30. The second-order valence-corrected chi connectivity index (χ2v) is 6.40. The molecule has 3 heterocycles. The Balaban J connectivity index is 1.62. The van der Waals surface area contributed by atoms with Crippen LogP contribution in [0.25, 0.3) is 0 Å². The van der Waals surface area contributed by atoms with Crippen LogP contribution in [0.3, 0.4) is 0 Å². The summed E-state index contributed by atoms with van der Waals surface area (Å²) in [6, 6.07) is 7.33. The molecular formula is C16H19N3O2S. The van der Waals surface area contributed by atoms with Gasteiger partial charge in [0, 0.05) is 43.8 Å². The third-order valence-corrected chi connectivity index (χ3v) is 4.69. The number of amides is 1. The van der Waals surface area contributed by atoms with Gasteiger partial charge in [-0.3, -0.25) is 9.69 Å². The Kier molecular flexibility index (Phi) is 4.70. The molecule has 0 aromatic carbocycles. The summed E-state index contributed by atoms with van der Waals surface area (Å²) in [5.74, 6) is -0.233. The van der Waals surface area contributed by atoms with E-state index in [0.717, 1.165) is 26.1 Å². The molecule has 0 aliphatic carbocycles. The van der Waals surface area contributed by atoms with Gasteiger partial charge in [-0.15, -0.1) is 11.3 Å². The number of hydrogen-bond acceptors (Lipinski definition) is 5. The molecule has 0 unspecified atom stereocenters. The van der Waals surface area contributed by atoms with E-state index in [-0.39, 0.29) is 17.4 Å². The van der Waals surface area contributed by atoms with E-state index < -0.39 is 0 Å². The van der Waals surface area contributed by atoms with Gasteiger partial charge in [-0.2, -0.15) is 0 Å². The fourth-order valence-corrected chi connectivity index (χ4v) is 3.41. The molecule has 22 heavy (non-hydrogen) atoms. The maximum atomic E-state index is 12.5. The van der Waals surface area contributed by atoms with Crippen LogP contribution in [0.2, 0.25) is 0 Å². The maximum absolute atomic E-state index is 12.5. The number of carbonyl (C=O) groups is 1. The average molecular weight is 317 g/mol. The normalized spacial score (nSPS) is 16.5. The van der Waals surface area contributed by atoms with Gasteiger partial charge < -0.3 is 10.0 Å². The summed E-state index contributed by atoms with van der Waals surface area (Å²) in [5, 5.41) is 11.9. The lowest BCUT2D eigenvalue weighted by Gasteiger charge is -2.21. The van der Waals surface area contributed by atoms with Crippen LogP contribution < -0.4 is 0 Å². The summed E-state index contributed by atoms with van der Waals surface area (Å²) in [6.07, 6.45) is 2.47. The topological polar surface area (TPSA) is 56.7 Å². The van der Waals surface area contributed by atoms with Crippen LogP contribution in [0, 0.1) is 0 Å². The standard InChI is InChI=1S/C16H19N3O2S/c20-14-5-1-6-17-15(14)16(21)19-8-3-7-18(9-10-19)12-13-4-2-11-22-13/h1-2,4-6,11,20H,3,7-10,12H2. The van der Waals surface area contributed by atoms with Crippen LogP contribution in [0.1, 0.15) is 21.8 Å². The highest BCUT2D eigenvalue weighted by Crippen LogP contribution is 2.18. The fraction of sp³-hybridized carbons (Fsp3) is 0.375. The van der Waals surface area contributed by atoms with Crippen molar-refractivity contribution in [2.75, 3.05) is 26.2 Å². The molecular weight excluding hydrogens is 298 g/mol. The monoisotopic (exact) mass is 317 g/mol. The van der Waals surface area contributed by atoms with E-state index in [1.165, 1.54) is 17.1 Å². The van der Waals surface area contributed by atoms with Crippen molar-refractivity contribution in [3.05, 3.63) is 46.4 Å². The smallest absolute Gasteiger partial charge is 0.276 e. The van der Waals surface area contributed by atoms with E-state index in [0.29, 0.717) is 13.1 Å². The van der Waals surface area contributed by atoms with Crippen LogP contribution in [0.4, 0.5) is 0 Å². The predicted molar refractivity (Wildman–Crippen MR) is 86.0 cm³/mol. The Labute approximate surface area is 133 Å². The minimum atomic E-state index is -0.184. The second kappa shape index (κ2) is 6.89. The molecule has 3 rings (SSSR count). The lowest BCUT2D eigenvalue weighted by Crippen LogP contribution is -2.35. The third kappa shape index (κ3) is 3.45. The number of thiophene rings is 1. The van der Waals surface area contributed by atoms with Crippen LogP contribution in [0.15, 0.2) is 35.8 Å². The van der Waals surface area contributed by atoms with E-state index in [1.54, 1.807) is 22.3 Å². The maximum Gasteiger partial charge on any atom is 0.276 e. The summed E-state index contributed by atoms with van der Waals surface area (Å²) in [7, 11) is 0. The number of nitrogens with zero attached hydrogens (tertiary/aromatic N) is 3. The van der Waals surface area contributed by atoms with Crippen LogP contribution in [-0.2, 0) is 6.54 Å². The van der Waals surface area contributed by atoms with Crippen molar-refractivity contribution < 1.29 is 9.90 Å². The molecule has 1 fully saturated rings. The van der Waals surface area contributed by atoms with Gasteiger partial charge in [0.05, 0.1) is 0 Å². The molecule has 0 saturated carbocycles. The Morgan fingerprint density at radius 1 is 1.23 bits per heavy atom. The average Bonchev–Trinajstić information content (AvgIpc) is 2.92. The van der Waals surface area contributed by atoms with Gasteiger partial charge in [0.15, 0.2) is 5.69 Å². The van der Waals surface area contributed by atoms with Crippen molar-refractivity contribution >= 4 is 17.2 Å². The number of rotatable bonds is 3. The molecule has 0 bridgehead atoms. The predicted octanol–water partition coefficient (Wildman–Crippen LogP) is 2.20. The highest BCUT2D eigenvalue weighted by Gasteiger charge is 2.23. The number of hydrogen-bond donors (Lipinski definition) is 1. The van der Waals surface area contributed by atoms with E-state index in [9.17, 15) is 9.90 Å². The Morgan fingerprint density at radius 2 is 2.14 bits per heavy atom. The summed E-state index contributed by atoms with van der Waals surface area (Å²) >= 11 is 1.76. The molecule has 2 aromatic heterocycles. The molecule has 0 spiro atoms. The first kappa shape index (κ1) is 15.0. The molecule has 0 atom stereocenters. The summed E-state index contributed by atoms with van der Waals surface area (Å²) in [4.78, 5) is 22.0. The van der Waals surface area contributed by atoms with Crippen molar-refractivity contribution in [1.82, 2.24) is 14.8 Å². The molecule has 1 aliphatic heterocycles. The number of aromatic nitrogens is 1. The van der Waals surface area contributed by atoms with E-state index in [4.69, 9.17) is 0 Å². The van der Waals surface area contributed by atoms with Gasteiger partial charge in [0.2, 0.25) is 0 Å². The SMILES string of the molecule is O=C(c1ncccc1O)N1CCCN(Cc2cccs2)CC1. The lowest BCUT2D eigenvalue weighted by molar-refractivity contribution is 0.0752. The van der Waals surface area contributed by atoms with Crippen LogP contribution >= 0.6 is 11.3 Å². The van der Waals surface area contributed by atoms with Crippen LogP contribution in [0.5, 0.6) is 5.75 Å². The summed E-state index contributed by atoms with van der Waals surface area (Å²) in [5.41, 5.74) is 0.147. The molecule has 6 heteroatoms. The first-order valence-electron chi connectivity index (χ1n) is 7.42.